The summed E-state index contributed by atoms with van der Waals surface area (Å²) in [5, 5.41) is 18.2. The Morgan fingerprint density at radius 1 is 1.28 bits per heavy atom. The Kier molecular flexibility index (Phi) is 5.59. The van der Waals surface area contributed by atoms with Crippen LogP contribution in [0.5, 0.6) is 0 Å². The molecule has 6 heteroatoms. The first-order valence-corrected chi connectivity index (χ1v) is 6.22. The maximum Gasteiger partial charge on any atom is 0.337 e. The molecule has 0 heterocycles. The summed E-state index contributed by atoms with van der Waals surface area (Å²) in [4.78, 5) is 21.9. The van der Waals surface area contributed by atoms with Crippen LogP contribution in [0.25, 0.3) is 0 Å². The molecular weight excluding hydrogens is 279 g/mol. The van der Waals surface area contributed by atoms with Gasteiger partial charge in [0, 0.05) is 12.3 Å². The first-order chi connectivity index (χ1) is 8.49. The predicted molar refractivity (Wildman–Crippen MR) is 68.0 cm³/mol. The Labute approximate surface area is 114 Å². The van der Waals surface area contributed by atoms with E-state index in [4.69, 9.17) is 28.3 Å². The Morgan fingerprint density at radius 2 is 1.94 bits per heavy atom. The second-order valence-electron chi connectivity index (χ2n) is 3.76. The van der Waals surface area contributed by atoms with Gasteiger partial charge in [0.25, 0.3) is 0 Å². The van der Waals surface area contributed by atoms with Crippen LogP contribution in [0.4, 0.5) is 0 Å². The summed E-state index contributed by atoms with van der Waals surface area (Å²) in [6, 6.07) is 4.66. The van der Waals surface area contributed by atoms with Crippen molar-refractivity contribution in [3.05, 3.63) is 34.9 Å². The molecular formula is C12H12Cl2O4. The van der Waals surface area contributed by atoms with Crippen LogP contribution in [0.3, 0.4) is 0 Å². The molecule has 0 saturated heterocycles. The quantitative estimate of drug-likeness (QED) is 0.785. The second kappa shape index (κ2) is 6.73. The third-order valence-corrected chi connectivity index (χ3v) is 3.02. The number of carboxylic acids is 1. The summed E-state index contributed by atoms with van der Waals surface area (Å²) in [5.41, 5.74) is 1.42. The average Bonchev–Trinajstić information content (AvgIpc) is 2.37. The number of aliphatic carboxylic acids is 1. The number of benzene rings is 1. The van der Waals surface area contributed by atoms with Gasteiger partial charge < -0.3 is 10.2 Å². The highest BCUT2D eigenvalue weighted by atomic mass is 35.5. The zero-order valence-electron chi connectivity index (χ0n) is 9.40. The number of ketones is 1. The van der Waals surface area contributed by atoms with Gasteiger partial charge in [0.15, 0.2) is 11.9 Å². The lowest BCUT2D eigenvalue weighted by Gasteiger charge is -2.12. The second-order valence-corrected chi connectivity index (χ2v) is 4.29. The van der Waals surface area contributed by atoms with Gasteiger partial charge in [-0.1, -0.05) is 18.2 Å². The largest absolute Gasteiger partial charge is 0.479 e. The van der Waals surface area contributed by atoms with Gasteiger partial charge in [0.1, 0.15) is 0 Å². The molecule has 0 saturated carbocycles. The Morgan fingerprint density at radius 3 is 2.44 bits per heavy atom. The fourth-order valence-corrected chi connectivity index (χ4v) is 1.89. The summed E-state index contributed by atoms with van der Waals surface area (Å²) < 4.78 is 0. The van der Waals surface area contributed by atoms with E-state index in [9.17, 15) is 14.7 Å². The van der Waals surface area contributed by atoms with Crippen LogP contribution in [0, 0.1) is 0 Å². The molecule has 1 rings (SSSR count). The minimum Gasteiger partial charge on any atom is -0.479 e. The summed E-state index contributed by atoms with van der Waals surface area (Å²) in [5.74, 6) is -1.49. The molecule has 1 unspecified atom stereocenters. The molecule has 1 aromatic rings. The highest BCUT2D eigenvalue weighted by Gasteiger charge is 2.19. The smallest absolute Gasteiger partial charge is 0.337 e. The first kappa shape index (κ1) is 15.0. The van der Waals surface area contributed by atoms with E-state index in [1.54, 1.807) is 12.1 Å². The molecule has 2 N–H and O–H groups in total. The Balaban J connectivity index is 3.03. The number of aliphatic hydroxyl groups excluding tert-OH is 1. The third kappa shape index (κ3) is 3.70. The number of aliphatic hydroxyl groups is 1. The van der Waals surface area contributed by atoms with Crippen molar-refractivity contribution in [2.75, 3.05) is 5.88 Å². The number of carbonyl (C=O) groups is 2. The Bertz CT molecular complexity index is 459. The third-order valence-electron chi connectivity index (χ3n) is 2.43. The molecule has 4 nitrogen and oxygen atoms in total. The van der Waals surface area contributed by atoms with Crippen LogP contribution >= 0.6 is 23.2 Å². The van der Waals surface area contributed by atoms with Crippen LogP contribution in [-0.4, -0.2) is 27.8 Å². The van der Waals surface area contributed by atoms with Crippen LogP contribution in [-0.2, 0) is 21.9 Å². The zero-order chi connectivity index (χ0) is 13.7. The molecule has 0 amide bonds. The molecule has 0 aliphatic rings. The molecule has 98 valence electrons. The van der Waals surface area contributed by atoms with E-state index in [0.717, 1.165) is 0 Å². The van der Waals surface area contributed by atoms with E-state index in [1.807, 2.05) is 0 Å². The summed E-state index contributed by atoms with van der Waals surface area (Å²) in [6.45, 7) is 0. The lowest BCUT2D eigenvalue weighted by atomic mass is 9.98. The SMILES string of the molecule is O=C(CCl)Cc1ccc(C(O)C(=O)O)c(CCl)c1. The van der Waals surface area contributed by atoms with E-state index in [0.29, 0.717) is 11.1 Å². The van der Waals surface area contributed by atoms with Crippen molar-refractivity contribution < 1.29 is 19.8 Å². The van der Waals surface area contributed by atoms with Crippen LogP contribution < -0.4 is 0 Å². The molecule has 0 fully saturated rings. The van der Waals surface area contributed by atoms with E-state index in [2.05, 4.69) is 0 Å². The number of Topliss-reactive ketones (excluding diaryl/α,β-unsaturated/α-hetero) is 1. The fraction of sp³-hybridized carbons (Fsp3) is 0.333. The highest BCUT2D eigenvalue weighted by Crippen LogP contribution is 2.22. The van der Waals surface area contributed by atoms with Crippen molar-refractivity contribution in [2.24, 2.45) is 0 Å². The van der Waals surface area contributed by atoms with Crippen molar-refractivity contribution >= 4 is 35.0 Å². The fourth-order valence-electron chi connectivity index (χ4n) is 1.56. The van der Waals surface area contributed by atoms with Gasteiger partial charge in [-0.3, -0.25) is 4.79 Å². The molecule has 0 radical (unpaired) electrons. The van der Waals surface area contributed by atoms with Gasteiger partial charge in [-0.05, 0) is 16.7 Å². The summed E-state index contributed by atoms with van der Waals surface area (Å²) in [6.07, 6.45) is -1.45. The van der Waals surface area contributed by atoms with Crippen molar-refractivity contribution in [3.8, 4) is 0 Å². The molecule has 1 atom stereocenters. The molecule has 0 bridgehead atoms. The topological polar surface area (TPSA) is 74.6 Å². The van der Waals surface area contributed by atoms with Gasteiger partial charge in [-0.2, -0.15) is 0 Å². The van der Waals surface area contributed by atoms with Gasteiger partial charge in [0.05, 0.1) is 5.88 Å². The lowest BCUT2D eigenvalue weighted by Crippen LogP contribution is -2.13. The number of hydrogen-bond donors (Lipinski definition) is 2. The van der Waals surface area contributed by atoms with Gasteiger partial charge >= 0.3 is 5.97 Å². The summed E-state index contributed by atoms with van der Waals surface area (Å²) >= 11 is 11.1. The Hall–Kier alpha value is -1.10. The zero-order valence-corrected chi connectivity index (χ0v) is 10.9. The van der Waals surface area contributed by atoms with Crippen LogP contribution in [0.2, 0.25) is 0 Å². The number of alkyl halides is 2. The molecule has 1 aromatic carbocycles. The number of carboxylic acid groups (broad SMARTS) is 1. The van der Waals surface area contributed by atoms with Crippen molar-refractivity contribution in [1.82, 2.24) is 0 Å². The normalized spacial score (nSPS) is 12.2. The van der Waals surface area contributed by atoms with Crippen molar-refractivity contribution in [2.45, 2.75) is 18.4 Å². The van der Waals surface area contributed by atoms with E-state index < -0.39 is 12.1 Å². The minimum absolute atomic E-state index is 0.0581. The van der Waals surface area contributed by atoms with E-state index >= 15 is 0 Å². The number of halogens is 2. The molecule has 0 spiro atoms. The van der Waals surface area contributed by atoms with Crippen LogP contribution in [0.1, 0.15) is 22.8 Å². The van der Waals surface area contributed by atoms with E-state index in [-0.39, 0.29) is 29.5 Å². The minimum atomic E-state index is -1.61. The maximum atomic E-state index is 11.2. The summed E-state index contributed by atoms with van der Waals surface area (Å²) in [7, 11) is 0. The molecule has 0 aromatic heterocycles. The van der Waals surface area contributed by atoms with Gasteiger partial charge in [-0.25, -0.2) is 4.79 Å². The van der Waals surface area contributed by atoms with Crippen LogP contribution in [0.15, 0.2) is 18.2 Å². The predicted octanol–water partition coefficient (Wildman–Crippen LogP) is 1.89. The van der Waals surface area contributed by atoms with E-state index in [1.165, 1.54) is 6.07 Å². The molecule has 0 aliphatic carbocycles. The maximum absolute atomic E-state index is 11.2. The first-order valence-electron chi connectivity index (χ1n) is 5.15. The highest BCUT2D eigenvalue weighted by molar-refractivity contribution is 6.27. The monoisotopic (exact) mass is 290 g/mol. The molecule has 18 heavy (non-hydrogen) atoms. The number of carbonyl (C=O) groups excluding carboxylic acids is 1. The number of rotatable bonds is 6. The lowest BCUT2D eigenvalue weighted by molar-refractivity contribution is -0.147. The number of hydrogen-bond acceptors (Lipinski definition) is 3. The van der Waals surface area contributed by atoms with Gasteiger partial charge in [-0.15, -0.1) is 23.2 Å². The standard InChI is InChI=1S/C12H12Cl2O4/c13-5-8-3-7(4-9(15)6-14)1-2-10(8)11(16)12(17)18/h1-3,11,16H,4-6H2,(H,17,18). The van der Waals surface area contributed by atoms with Gasteiger partial charge in [0.2, 0.25) is 0 Å². The average molecular weight is 291 g/mol. The molecule has 0 aliphatic heterocycles. The van der Waals surface area contributed by atoms with Crippen molar-refractivity contribution in [1.29, 1.82) is 0 Å². The van der Waals surface area contributed by atoms with Crippen molar-refractivity contribution in [3.63, 3.8) is 0 Å².